The van der Waals surface area contributed by atoms with Gasteiger partial charge in [0, 0.05) is 33.2 Å². The molecule has 2 aromatic carbocycles. The Morgan fingerprint density at radius 1 is 1.09 bits per heavy atom. The van der Waals surface area contributed by atoms with Crippen LogP contribution in [-0.2, 0) is 23.1 Å². The van der Waals surface area contributed by atoms with Gasteiger partial charge in [0.25, 0.3) is 0 Å². The highest BCUT2D eigenvalue weighted by molar-refractivity contribution is 14.0. The van der Waals surface area contributed by atoms with Gasteiger partial charge >= 0.3 is 0 Å². The molecule has 0 amide bonds. The molecule has 6 nitrogen and oxygen atoms in total. The Kier molecular flexibility index (Phi) is 8.16. The van der Waals surface area contributed by atoms with Crippen LogP contribution >= 0.6 is 24.0 Å². The van der Waals surface area contributed by atoms with Gasteiger partial charge in [0.15, 0.2) is 5.96 Å². The molecule has 0 radical (unpaired) electrons. The first-order valence-electron chi connectivity index (χ1n) is 10.7. The first kappa shape index (κ1) is 24.9. The number of likely N-dealkylation sites (tertiary alicyclic amines) is 1. The zero-order chi connectivity index (χ0) is 21.9. The fourth-order valence-corrected chi connectivity index (χ4v) is 5.53. The molecule has 4 rings (SSSR count). The molecule has 9 heteroatoms. The predicted octanol–water partition coefficient (Wildman–Crippen LogP) is 3.87. The monoisotopic (exact) mass is 572 g/mol. The molecule has 1 spiro atoms. The second-order valence-electron chi connectivity index (χ2n) is 8.53. The molecule has 1 aliphatic heterocycles. The zero-order valence-electron chi connectivity index (χ0n) is 18.2. The van der Waals surface area contributed by atoms with Gasteiger partial charge in [-0.2, -0.15) is 0 Å². The first-order chi connectivity index (χ1) is 14.9. The summed E-state index contributed by atoms with van der Waals surface area (Å²) in [4.78, 5) is 6.91. The number of hydrogen-bond donors (Lipinski definition) is 2. The number of halogens is 2. The quantitative estimate of drug-likeness (QED) is 0.313. The van der Waals surface area contributed by atoms with Crippen molar-refractivity contribution in [3.05, 3.63) is 65.5 Å². The van der Waals surface area contributed by atoms with Gasteiger partial charge in [-0.15, -0.1) is 24.0 Å². The van der Waals surface area contributed by atoms with Crippen molar-refractivity contribution >= 4 is 40.0 Å². The molecule has 2 fully saturated rings. The maximum Gasteiger partial charge on any atom is 0.240 e. The maximum absolute atomic E-state index is 13.3. The van der Waals surface area contributed by atoms with Gasteiger partial charge in [-0.05, 0) is 60.1 Å². The van der Waals surface area contributed by atoms with Crippen LogP contribution in [-0.4, -0.2) is 39.4 Å². The summed E-state index contributed by atoms with van der Waals surface area (Å²) in [5.41, 5.74) is 1.91. The van der Waals surface area contributed by atoms with E-state index in [4.69, 9.17) is 0 Å². The number of nitrogens with one attached hydrogen (secondary N) is 2. The van der Waals surface area contributed by atoms with Crippen LogP contribution in [0.25, 0.3) is 0 Å². The van der Waals surface area contributed by atoms with Crippen molar-refractivity contribution in [2.75, 3.05) is 20.1 Å². The minimum absolute atomic E-state index is 0. The van der Waals surface area contributed by atoms with Crippen molar-refractivity contribution in [1.29, 1.82) is 0 Å². The third-order valence-corrected chi connectivity index (χ3v) is 7.78. The van der Waals surface area contributed by atoms with E-state index in [2.05, 4.69) is 19.9 Å². The molecule has 2 N–H and O–H groups in total. The van der Waals surface area contributed by atoms with Gasteiger partial charge in [0.05, 0.1) is 4.90 Å². The highest BCUT2D eigenvalue weighted by Gasteiger charge is 2.43. The van der Waals surface area contributed by atoms with Gasteiger partial charge in [-0.1, -0.05) is 30.7 Å². The summed E-state index contributed by atoms with van der Waals surface area (Å²) in [6.45, 7) is 2.58. The number of aliphatic imine (C=N–C) groups is 1. The summed E-state index contributed by atoms with van der Waals surface area (Å²) in [6.07, 6.45) is 5.17. The molecule has 0 unspecified atom stereocenters. The van der Waals surface area contributed by atoms with Crippen molar-refractivity contribution in [3.63, 3.8) is 0 Å². The van der Waals surface area contributed by atoms with Crippen molar-refractivity contribution < 1.29 is 12.8 Å². The SMILES string of the molecule is CN=C(NCc1cccc(S(=O)(=O)NCc2cccc(F)c2)c1)N1CCC2(CCC2)C1.I. The van der Waals surface area contributed by atoms with Gasteiger partial charge in [0.1, 0.15) is 5.82 Å². The molecule has 2 aromatic rings. The smallest absolute Gasteiger partial charge is 0.240 e. The lowest BCUT2D eigenvalue weighted by Crippen LogP contribution is -2.42. The van der Waals surface area contributed by atoms with Crippen LogP contribution in [0, 0.1) is 11.2 Å². The van der Waals surface area contributed by atoms with Crippen LogP contribution in [0.5, 0.6) is 0 Å². The number of rotatable bonds is 6. The Labute approximate surface area is 206 Å². The van der Waals surface area contributed by atoms with Crippen LogP contribution in [0.1, 0.15) is 36.8 Å². The Balaban J connectivity index is 0.00000289. The standard InChI is InChI=1S/C23H29FN4O2S.HI/c1-25-22(28-12-11-23(17-28)9-4-10-23)26-15-19-6-3-8-21(14-19)31(29,30)27-16-18-5-2-7-20(24)13-18;/h2-3,5-8,13-14,27H,4,9-12,15-17H2,1H3,(H,25,26);1H. The van der Waals surface area contributed by atoms with Gasteiger partial charge in [-0.3, -0.25) is 4.99 Å². The molecule has 1 aliphatic carbocycles. The predicted molar refractivity (Wildman–Crippen MR) is 135 cm³/mol. The van der Waals surface area contributed by atoms with Crippen LogP contribution in [0.4, 0.5) is 4.39 Å². The molecule has 32 heavy (non-hydrogen) atoms. The molecule has 1 heterocycles. The van der Waals surface area contributed by atoms with Crippen molar-refractivity contribution in [2.24, 2.45) is 10.4 Å². The second kappa shape index (κ2) is 10.5. The lowest BCUT2D eigenvalue weighted by Gasteiger charge is -2.38. The molecule has 174 valence electrons. The van der Waals surface area contributed by atoms with Gasteiger partial charge < -0.3 is 10.2 Å². The zero-order valence-corrected chi connectivity index (χ0v) is 21.3. The minimum Gasteiger partial charge on any atom is -0.352 e. The van der Waals surface area contributed by atoms with Crippen LogP contribution in [0.3, 0.4) is 0 Å². The Bertz CT molecular complexity index is 1070. The van der Waals surface area contributed by atoms with Crippen LogP contribution in [0.2, 0.25) is 0 Å². The topological polar surface area (TPSA) is 73.8 Å². The van der Waals surface area contributed by atoms with Crippen molar-refractivity contribution in [2.45, 2.75) is 43.7 Å². The Morgan fingerprint density at radius 2 is 1.81 bits per heavy atom. The maximum atomic E-state index is 13.3. The molecule has 0 bridgehead atoms. The van der Waals surface area contributed by atoms with Crippen molar-refractivity contribution in [3.8, 4) is 0 Å². The largest absolute Gasteiger partial charge is 0.352 e. The highest BCUT2D eigenvalue weighted by Crippen LogP contribution is 2.47. The van der Waals surface area contributed by atoms with Gasteiger partial charge in [0.2, 0.25) is 10.0 Å². The molecule has 1 saturated heterocycles. The van der Waals surface area contributed by atoms with Crippen LogP contribution < -0.4 is 10.0 Å². The average molecular weight is 572 g/mol. The highest BCUT2D eigenvalue weighted by atomic mass is 127. The van der Waals surface area contributed by atoms with Crippen LogP contribution in [0.15, 0.2) is 58.4 Å². The van der Waals surface area contributed by atoms with E-state index in [1.54, 1.807) is 37.4 Å². The van der Waals surface area contributed by atoms with Crippen molar-refractivity contribution in [1.82, 2.24) is 14.9 Å². The molecular formula is C23H30FIN4O2S. The summed E-state index contributed by atoms with van der Waals surface area (Å²) in [5, 5.41) is 3.38. The number of hydrogen-bond acceptors (Lipinski definition) is 3. The molecular weight excluding hydrogens is 542 g/mol. The lowest BCUT2D eigenvalue weighted by atomic mass is 9.68. The fourth-order valence-electron chi connectivity index (χ4n) is 4.45. The summed E-state index contributed by atoms with van der Waals surface area (Å²) in [6, 6.07) is 12.7. The summed E-state index contributed by atoms with van der Waals surface area (Å²) < 4.78 is 41.3. The molecule has 2 aliphatic rings. The Morgan fingerprint density at radius 3 is 2.44 bits per heavy atom. The molecule has 1 saturated carbocycles. The van der Waals surface area contributed by atoms with E-state index in [0.29, 0.717) is 17.5 Å². The van der Waals surface area contributed by atoms with E-state index in [-0.39, 0.29) is 41.2 Å². The van der Waals surface area contributed by atoms with E-state index >= 15 is 0 Å². The molecule has 0 atom stereocenters. The normalized spacial score (nSPS) is 17.7. The first-order valence-corrected chi connectivity index (χ1v) is 12.2. The fraction of sp³-hybridized carbons (Fsp3) is 0.435. The minimum atomic E-state index is -3.71. The lowest BCUT2D eigenvalue weighted by molar-refractivity contribution is 0.151. The second-order valence-corrected chi connectivity index (χ2v) is 10.3. The summed E-state index contributed by atoms with van der Waals surface area (Å²) in [5.74, 6) is 0.473. The van der Waals surface area contributed by atoms with E-state index < -0.39 is 10.0 Å². The number of sulfonamides is 1. The molecule has 0 aromatic heterocycles. The third-order valence-electron chi connectivity index (χ3n) is 6.38. The summed E-state index contributed by atoms with van der Waals surface area (Å²) in [7, 11) is -1.92. The number of benzene rings is 2. The van der Waals surface area contributed by atoms with E-state index in [9.17, 15) is 12.8 Å². The van der Waals surface area contributed by atoms with Gasteiger partial charge in [-0.25, -0.2) is 17.5 Å². The number of guanidine groups is 1. The van der Waals surface area contributed by atoms with E-state index in [1.165, 1.54) is 37.8 Å². The van der Waals surface area contributed by atoms with E-state index in [1.807, 2.05) is 6.07 Å². The average Bonchev–Trinajstić information content (AvgIpc) is 3.20. The third kappa shape index (κ3) is 5.79. The van der Waals surface area contributed by atoms with E-state index in [0.717, 1.165) is 24.6 Å². The Hall–Kier alpha value is -1.72. The summed E-state index contributed by atoms with van der Waals surface area (Å²) >= 11 is 0. The number of nitrogens with zero attached hydrogens (tertiary/aromatic N) is 2.